The highest BCUT2D eigenvalue weighted by Gasteiger charge is 2.54. The highest BCUT2D eigenvalue weighted by Crippen LogP contribution is 2.57. The van der Waals surface area contributed by atoms with Gasteiger partial charge in [-0.15, -0.1) is 0 Å². The van der Waals surface area contributed by atoms with Crippen molar-refractivity contribution in [1.29, 1.82) is 0 Å². The summed E-state index contributed by atoms with van der Waals surface area (Å²) in [5, 5.41) is 0.771. The van der Waals surface area contributed by atoms with Gasteiger partial charge >= 0.3 is 11.3 Å². The molecule has 2 aromatic heterocycles. The Labute approximate surface area is 211 Å². The van der Waals surface area contributed by atoms with E-state index in [9.17, 15) is 9.59 Å². The Morgan fingerprint density at radius 1 is 0.611 bits per heavy atom. The Bertz CT molecular complexity index is 1630. The van der Waals surface area contributed by atoms with E-state index in [-0.39, 0.29) is 11.8 Å². The van der Waals surface area contributed by atoms with Crippen molar-refractivity contribution in [3.05, 3.63) is 103 Å². The van der Waals surface area contributed by atoms with Crippen molar-refractivity contribution < 1.29 is 8.83 Å². The summed E-state index contributed by atoms with van der Waals surface area (Å²) >= 11 is 0. The van der Waals surface area contributed by atoms with Crippen LogP contribution in [0.5, 0.6) is 0 Å². The van der Waals surface area contributed by atoms with E-state index in [2.05, 4.69) is 91.8 Å². The predicted octanol–water partition coefficient (Wildman–Crippen LogP) is 6.64. The van der Waals surface area contributed by atoms with Gasteiger partial charge in [0.2, 0.25) is 0 Å². The lowest BCUT2D eigenvalue weighted by Gasteiger charge is -2.51. The molecule has 6 rings (SSSR count). The van der Waals surface area contributed by atoms with Crippen molar-refractivity contribution in [2.45, 2.75) is 77.0 Å². The van der Waals surface area contributed by atoms with Gasteiger partial charge in [0.1, 0.15) is 11.5 Å². The highest BCUT2D eigenvalue weighted by atomic mass is 16.4. The first-order valence-corrected chi connectivity index (χ1v) is 12.9. The third-order valence-corrected chi connectivity index (χ3v) is 9.50. The summed E-state index contributed by atoms with van der Waals surface area (Å²) in [6, 6.07) is 8.25. The number of fused-ring (bicyclic) bond motifs is 7. The molecule has 2 atom stereocenters. The molecule has 0 amide bonds. The van der Waals surface area contributed by atoms with E-state index in [0.717, 1.165) is 22.3 Å². The van der Waals surface area contributed by atoms with Crippen molar-refractivity contribution in [1.82, 2.24) is 0 Å². The predicted molar refractivity (Wildman–Crippen MR) is 143 cm³/mol. The van der Waals surface area contributed by atoms with Crippen LogP contribution >= 0.6 is 0 Å². The Hall–Kier alpha value is -3.14. The molecular weight excluding hydrogens is 448 g/mol. The standard InChI is InChI=1S/C32H34O4/c1-29(2)17-13-9-11-15-19(17)31(5,6)25-23(29)21-22(28(34)35-25)24-26(36-27(21)33)32(7,8)20-16-12-10-14-18(20)30(24,3)4/h9-17,19H,1-8H3/t17-,19+/m0/s1. The van der Waals surface area contributed by atoms with Crippen LogP contribution in [0.25, 0.3) is 10.8 Å². The van der Waals surface area contributed by atoms with Crippen LogP contribution in [0.2, 0.25) is 0 Å². The summed E-state index contributed by atoms with van der Waals surface area (Å²) in [5.74, 6) is 1.47. The maximum Gasteiger partial charge on any atom is 0.344 e. The molecule has 0 bridgehead atoms. The van der Waals surface area contributed by atoms with Gasteiger partial charge in [0.15, 0.2) is 0 Å². The molecule has 0 radical (unpaired) electrons. The van der Waals surface area contributed by atoms with Crippen LogP contribution in [0.3, 0.4) is 0 Å². The minimum atomic E-state index is -0.575. The Balaban J connectivity index is 1.82. The number of rotatable bonds is 0. The molecule has 0 aliphatic heterocycles. The molecule has 0 unspecified atom stereocenters. The molecule has 3 aliphatic rings. The van der Waals surface area contributed by atoms with Gasteiger partial charge in [0, 0.05) is 32.8 Å². The second kappa shape index (κ2) is 6.79. The summed E-state index contributed by atoms with van der Waals surface area (Å²) in [7, 11) is 0. The first-order chi connectivity index (χ1) is 16.7. The van der Waals surface area contributed by atoms with Crippen LogP contribution < -0.4 is 11.3 Å². The molecule has 0 N–H and O–H groups in total. The zero-order chi connectivity index (χ0) is 26.0. The maximum absolute atomic E-state index is 14.0. The lowest BCUT2D eigenvalue weighted by atomic mass is 9.52. The summed E-state index contributed by atoms with van der Waals surface area (Å²) in [6.07, 6.45) is 8.58. The van der Waals surface area contributed by atoms with Gasteiger partial charge in [-0.05, 0) is 36.8 Å². The Morgan fingerprint density at radius 3 is 1.67 bits per heavy atom. The highest BCUT2D eigenvalue weighted by molar-refractivity contribution is 5.91. The van der Waals surface area contributed by atoms with E-state index in [1.165, 1.54) is 0 Å². The molecule has 4 heteroatoms. The van der Waals surface area contributed by atoms with Crippen molar-refractivity contribution in [3.8, 4) is 0 Å². The lowest BCUT2D eigenvalue weighted by molar-refractivity contribution is 0.155. The molecule has 0 saturated heterocycles. The van der Waals surface area contributed by atoms with E-state index in [0.29, 0.717) is 22.3 Å². The molecule has 2 heterocycles. The fourth-order valence-electron chi connectivity index (χ4n) is 7.51. The molecule has 0 saturated carbocycles. The van der Waals surface area contributed by atoms with E-state index >= 15 is 0 Å². The monoisotopic (exact) mass is 482 g/mol. The summed E-state index contributed by atoms with van der Waals surface area (Å²) in [4.78, 5) is 27.9. The van der Waals surface area contributed by atoms with Crippen molar-refractivity contribution in [2.75, 3.05) is 0 Å². The van der Waals surface area contributed by atoms with Gasteiger partial charge in [-0.1, -0.05) is 90.1 Å². The van der Waals surface area contributed by atoms with E-state index in [4.69, 9.17) is 8.83 Å². The van der Waals surface area contributed by atoms with Gasteiger partial charge in [-0.2, -0.15) is 0 Å². The zero-order valence-corrected chi connectivity index (χ0v) is 22.4. The fourth-order valence-corrected chi connectivity index (χ4v) is 7.51. The van der Waals surface area contributed by atoms with Gasteiger partial charge in [0.25, 0.3) is 0 Å². The minimum absolute atomic E-state index is 0.150. The Kier molecular flexibility index (Phi) is 4.39. The third kappa shape index (κ3) is 2.60. The average molecular weight is 483 g/mol. The van der Waals surface area contributed by atoms with Crippen molar-refractivity contribution >= 4 is 10.8 Å². The largest absolute Gasteiger partial charge is 0.426 e. The SMILES string of the molecule is CC1(C)c2ccccc2C(C)(C)c2c1oc(=O)c1c3c(oc(=O)c21)C(C)(C)[C@@H]1C=CC=C[C@@H]1C3(C)C. The van der Waals surface area contributed by atoms with Crippen LogP contribution in [0.4, 0.5) is 0 Å². The third-order valence-electron chi connectivity index (χ3n) is 9.50. The smallest absolute Gasteiger partial charge is 0.344 e. The van der Waals surface area contributed by atoms with Crippen LogP contribution in [-0.2, 0) is 21.7 Å². The average Bonchev–Trinajstić information content (AvgIpc) is 2.82. The van der Waals surface area contributed by atoms with E-state index in [1.54, 1.807) is 0 Å². The summed E-state index contributed by atoms with van der Waals surface area (Å²) in [6.45, 7) is 16.9. The molecule has 36 heavy (non-hydrogen) atoms. The number of hydrogen-bond acceptors (Lipinski definition) is 4. The summed E-state index contributed by atoms with van der Waals surface area (Å²) in [5.41, 5.74) is 0.889. The first-order valence-electron chi connectivity index (χ1n) is 12.9. The van der Waals surface area contributed by atoms with E-state index < -0.39 is 32.9 Å². The van der Waals surface area contributed by atoms with Crippen LogP contribution in [-0.4, -0.2) is 0 Å². The first kappa shape index (κ1) is 23.3. The normalized spacial score (nSPS) is 25.6. The Morgan fingerprint density at radius 2 is 1.08 bits per heavy atom. The molecule has 3 aromatic rings. The lowest BCUT2D eigenvalue weighted by Crippen LogP contribution is -2.49. The van der Waals surface area contributed by atoms with Gasteiger partial charge in [-0.25, -0.2) is 9.59 Å². The molecule has 0 fully saturated rings. The molecule has 3 aliphatic carbocycles. The van der Waals surface area contributed by atoms with Crippen molar-refractivity contribution in [2.24, 2.45) is 11.8 Å². The topological polar surface area (TPSA) is 60.4 Å². The summed E-state index contributed by atoms with van der Waals surface area (Å²) < 4.78 is 12.6. The number of benzene rings is 1. The fraction of sp³-hybridized carbons (Fsp3) is 0.438. The van der Waals surface area contributed by atoms with Gasteiger partial charge < -0.3 is 8.83 Å². The molecular formula is C32H34O4. The second-order valence-corrected chi connectivity index (χ2v) is 13.0. The van der Waals surface area contributed by atoms with Crippen LogP contribution in [0.15, 0.2) is 67.0 Å². The van der Waals surface area contributed by atoms with Crippen LogP contribution in [0.1, 0.15) is 89.2 Å². The molecule has 186 valence electrons. The molecule has 1 aromatic carbocycles. The van der Waals surface area contributed by atoms with Crippen molar-refractivity contribution in [3.63, 3.8) is 0 Å². The van der Waals surface area contributed by atoms with E-state index in [1.807, 2.05) is 12.1 Å². The zero-order valence-electron chi connectivity index (χ0n) is 22.4. The second-order valence-electron chi connectivity index (χ2n) is 13.0. The quantitative estimate of drug-likeness (QED) is 0.360. The number of allylic oxidation sites excluding steroid dienone is 4. The minimum Gasteiger partial charge on any atom is -0.426 e. The van der Waals surface area contributed by atoms with Gasteiger partial charge in [-0.3, -0.25) is 0 Å². The molecule has 0 spiro atoms. The van der Waals surface area contributed by atoms with Gasteiger partial charge in [0.05, 0.1) is 10.8 Å². The van der Waals surface area contributed by atoms with Crippen LogP contribution in [0, 0.1) is 11.8 Å². The molecule has 4 nitrogen and oxygen atoms in total. The maximum atomic E-state index is 14.0. The number of hydrogen-bond donors (Lipinski definition) is 0.